The molecule has 1 atom stereocenters. The van der Waals surface area contributed by atoms with E-state index in [-0.39, 0.29) is 12.4 Å². The Bertz CT molecular complexity index is 408. The minimum absolute atomic E-state index is 0.0603. The quantitative estimate of drug-likeness (QED) is 0.833. The summed E-state index contributed by atoms with van der Waals surface area (Å²) in [6.07, 6.45) is 4.11. The predicted octanol–water partition coefficient (Wildman–Crippen LogP) is 2.24. The molecule has 106 valence electrons. The number of benzene rings is 1. The van der Waals surface area contributed by atoms with E-state index in [9.17, 15) is 13.9 Å². The van der Waals surface area contributed by atoms with Crippen LogP contribution in [0.4, 0.5) is 8.78 Å². The summed E-state index contributed by atoms with van der Waals surface area (Å²) in [5.41, 5.74) is 0. The van der Waals surface area contributed by atoms with Gasteiger partial charge in [-0.3, -0.25) is 0 Å². The first-order valence-electron chi connectivity index (χ1n) is 6.64. The molecule has 0 radical (unpaired) electrons. The van der Waals surface area contributed by atoms with E-state index < -0.39 is 17.7 Å². The van der Waals surface area contributed by atoms with Crippen LogP contribution in [0.5, 0.6) is 5.75 Å². The Kier molecular flexibility index (Phi) is 5.10. The second kappa shape index (κ2) is 6.82. The summed E-state index contributed by atoms with van der Waals surface area (Å²) >= 11 is 0. The Morgan fingerprint density at radius 1 is 1.26 bits per heavy atom. The van der Waals surface area contributed by atoms with Crippen LogP contribution in [0.15, 0.2) is 18.2 Å². The van der Waals surface area contributed by atoms with Crippen LogP contribution in [0, 0.1) is 11.6 Å². The van der Waals surface area contributed by atoms with Crippen LogP contribution in [0.2, 0.25) is 0 Å². The third-order valence-corrected chi connectivity index (χ3v) is 3.33. The lowest BCUT2D eigenvalue weighted by Gasteiger charge is -2.16. The van der Waals surface area contributed by atoms with Crippen molar-refractivity contribution in [3.8, 4) is 5.75 Å². The zero-order chi connectivity index (χ0) is 13.7. The number of aliphatic hydroxyl groups excluding tert-OH is 1. The Morgan fingerprint density at radius 3 is 2.68 bits per heavy atom. The molecule has 1 unspecified atom stereocenters. The lowest BCUT2D eigenvalue weighted by Crippen LogP contribution is -2.36. The van der Waals surface area contributed by atoms with E-state index in [2.05, 4.69) is 5.32 Å². The van der Waals surface area contributed by atoms with Gasteiger partial charge in [-0.05, 0) is 25.0 Å². The fourth-order valence-corrected chi connectivity index (χ4v) is 2.25. The molecule has 1 aliphatic rings. The molecule has 0 aromatic heterocycles. The topological polar surface area (TPSA) is 41.5 Å². The second-order valence-corrected chi connectivity index (χ2v) is 4.93. The second-order valence-electron chi connectivity index (χ2n) is 4.93. The van der Waals surface area contributed by atoms with Crippen molar-refractivity contribution in [1.82, 2.24) is 5.32 Å². The van der Waals surface area contributed by atoms with Gasteiger partial charge in [-0.15, -0.1) is 0 Å². The molecular formula is C14H19F2NO2. The summed E-state index contributed by atoms with van der Waals surface area (Å²) in [6, 6.07) is 3.81. The molecule has 0 spiro atoms. The lowest BCUT2D eigenvalue weighted by molar-refractivity contribution is 0.103. The Morgan fingerprint density at radius 2 is 2.00 bits per heavy atom. The zero-order valence-electron chi connectivity index (χ0n) is 10.7. The molecule has 1 aromatic rings. The average Bonchev–Trinajstić information content (AvgIpc) is 2.91. The third kappa shape index (κ3) is 4.44. The molecule has 1 aromatic carbocycles. The van der Waals surface area contributed by atoms with E-state index in [1.165, 1.54) is 18.9 Å². The van der Waals surface area contributed by atoms with E-state index in [4.69, 9.17) is 4.74 Å². The standard InChI is InChI=1S/C14H19F2NO2/c15-13-6-5-12(7-14(13)16)19-9-11(18)8-17-10-3-1-2-4-10/h5-7,10-11,17-18H,1-4,8-9H2. The number of hydrogen-bond acceptors (Lipinski definition) is 3. The van der Waals surface area contributed by atoms with Gasteiger partial charge in [-0.1, -0.05) is 12.8 Å². The van der Waals surface area contributed by atoms with Crippen LogP contribution in [0.3, 0.4) is 0 Å². The summed E-state index contributed by atoms with van der Waals surface area (Å²) < 4.78 is 30.8. The summed E-state index contributed by atoms with van der Waals surface area (Å²) in [5, 5.41) is 13.0. The number of hydrogen-bond donors (Lipinski definition) is 2. The molecule has 1 aliphatic carbocycles. The summed E-state index contributed by atoms with van der Waals surface area (Å²) in [4.78, 5) is 0. The van der Waals surface area contributed by atoms with Crippen LogP contribution in [0.25, 0.3) is 0 Å². The van der Waals surface area contributed by atoms with E-state index in [1.807, 2.05) is 0 Å². The number of rotatable bonds is 6. The van der Waals surface area contributed by atoms with E-state index in [0.29, 0.717) is 12.6 Å². The minimum Gasteiger partial charge on any atom is -0.491 e. The molecule has 1 fully saturated rings. The van der Waals surface area contributed by atoms with Gasteiger partial charge in [0, 0.05) is 18.7 Å². The highest BCUT2D eigenvalue weighted by atomic mass is 19.2. The normalized spacial score (nSPS) is 17.6. The van der Waals surface area contributed by atoms with Gasteiger partial charge in [0.25, 0.3) is 0 Å². The van der Waals surface area contributed by atoms with Crippen molar-refractivity contribution >= 4 is 0 Å². The van der Waals surface area contributed by atoms with Gasteiger partial charge in [-0.2, -0.15) is 0 Å². The smallest absolute Gasteiger partial charge is 0.162 e. The van der Waals surface area contributed by atoms with Gasteiger partial charge in [0.1, 0.15) is 18.5 Å². The number of nitrogens with one attached hydrogen (secondary N) is 1. The predicted molar refractivity (Wildman–Crippen MR) is 68.1 cm³/mol. The molecule has 0 aliphatic heterocycles. The monoisotopic (exact) mass is 271 g/mol. The van der Waals surface area contributed by atoms with Crippen molar-refractivity contribution in [3.63, 3.8) is 0 Å². The highest BCUT2D eigenvalue weighted by Gasteiger charge is 2.15. The highest BCUT2D eigenvalue weighted by molar-refractivity contribution is 5.23. The average molecular weight is 271 g/mol. The Labute approximate surface area is 111 Å². The van der Waals surface area contributed by atoms with Crippen LogP contribution in [-0.4, -0.2) is 30.4 Å². The SMILES string of the molecule is OC(CNC1CCCC1)COc1ccc(F)c(F)c1. The molecule has 0 amide bonds. The van der Waals surface area contributed by atoms with Gasteiger partial charge in [0.15, 0.2) is 11.6 Å². The van der Waals surface area contributed by atoms with Crippen molar-refractivity contribution in [2.75, 3.05) is 13.2 Å². The first-order valence-corrected chi connectivity index (χ1v) is 6.64. The molecule has 0 bridgehead atoms. The molecule has 2 N–H and O–H groups in total. The first-order chi connectivity index (χ1) is 9.15. The highest BCUT2D eigenvalue weighted by Crippen LogP contribution is 2.18. The molecule has 19 heavy (non-hydrogen) atoms. The number of aliphatic hydroxyl groups is 1. The van der Waals surface area contributed by atoms with Crippen molar-refractivity contribution in [3.05, 3.63) is 29.8 Å². The summed E-state index contributed by atoms with van der Waals surface area (Å²) in [7, 11) is 0. The maximum Gasteiger partial charge on any atom is 0.162 e. The first kappa shape index (κ1) is 14.2. The van der Waals surface area contributed by atoms with Crippen molar-refractivity contribution in [2.45, 2.75) is 37.8 Å². The van der Waals surface area contributed by atoms with Crippen molar-refractivity contribution in [1.29, 1.82) is 0 Å². The lowest BCUT2D eigenvalue weighted by atomic mass is 10.2. The number of halogens is 2. The van der Waals surface area contributed by atoms with E-state index in [1.54, 1.807) is 0 Å². The minimum atomic E-state index is -0.948. The van der Waals surface area contributed by atoms with Gasteiger partial charge in [-0.25, -0.2) is 8.78 Å². The van der Waals surface area contributed by atoms with Gasteiger partial charge in [0.2, 0.25) is 0 Å². The third-order valence-electron chi connectivity index (χ3n) is 3.33. The molecular weight excluding hydrogens is 252 g/mol. The molecule has 0 heterocycles. The molecule has 3 nitrogen and oxygen atoms in total. The number of ether oxygens (including phenoxy) is 1. The maximum atomic E-state index is 12.9. The molecule has 1 saturated carbocycles. The van der Waals surface area contributed by atoms with E-state index in [0.717, 1.165) is 25.0 Å². The summed E-state index contributed by atoms with van der Waals surface area (Å²) in [5.74, 6) is -1.63. The van der Waals surface area contributed by atoms with Crippen molar-refractivity contribution in [2.24, 2.45) is 0 Å². The van der Waals surface area contributed by atoms with Crippen LogP contribution in [-0.2, 0) is 0 Å². The summed E-state index contributed by atoms with van der Waals surface area (Å²) in [6.45, 7) is 0.513. The largest absolute Gasteiger partial charge is 0.491 e. The molecule has 5 heteroatoms. The van der Waals surface area contributed by atoms with E-state index >= 15 is 0 Å². The van der Waals surface area contributed by atoms with Gasteiger partial charge >= 0.3 is 0 Å². The fraction of sp³-hybridized carbons (Fsp3) is 0.571. The van der Waals surface area contributed by atoms with Crippen LogP contribution >= 0.6 is 0 Å². The van der Waals surface area contributed by atoms with Gasteiger partial charge in [0.05, 0.1) is 0 Å². The Balaban J connectivity index is 1.70. The molecule has 2 rings (SSSR count). The van der Waals surface area contributed by atoms with Crippen LogP contribution < -0.4 is 10.1 Å². The fourth-order valence-electron chi connectivity index (χ4n) is 2.25. The Hall–Kier alpha value is -1.20. The molecule has 0 saturated heterocycles. The van der Waals surface area contributed by atoms with Gasteiger partial charge < -0.3 is 15.2 Å². The maximum absolute atomic E-state index is 12.9. The van der Waals surface area contributed by atoms with Crippen molar-refractivity contribution < 1.29 is 18.6 Å². The zero-order valence-corrected chi connectivity index (χ0v) is 10.7. The van der Waals surface area contributed by atoms with Crippen LogP contribution in [0.1, 0.15) is 25.7 Å².